The van der Waals surface area contributed by atoms with Crippen LogP contribution in [0.2, 0.25) is 5.02 Å². The lowest BCUT2D eigenvalue weighted by Crippen LogP contribution is -2.01. The second-order valence-electron chi connectivity index (χ2n) is 4.64. The summed E-state index contributed by atoms with van der Waals surface area (Å²) in [4.78, 5) is 0. The highest BCUT2D eigenvalue weighted by Gasteiger charge is 1.95. The van der Waals surface area contributed by atoms with Crippen LogP contribution < -0.4 is 11.1 Å². The van der Waals surface area contributed by atoms with Gasteiger partial charge in [0.15, 0.2) is 0 Å². The summed E-state index contributed by atoms with van der Waals surface area (Å²) in [6, 6.07) is 15.9. The van der Waals surface area contributed by atoms with Crippen molar-refractivity contribution in [3.63, 3.8) is 0 Å². The molecule has 100 valence electrons. The Balaban J connectivity index is 1.66. The molecule has 0 bridgehead atoms. The van der Waals surface area contributed by atoms with Crippen LogP contribution >= 0.6 is 11.6 Å². The highest BCUT2D eigenvalue weighted by Crippen LogP contribution is 2.14. The molecule has 0 heterocycles. The van der Waals surface area contributed by atoms with Gasteiger partial charge in [0.05, 0.1) is 0 Å². The molecule has 2 nitrogen and oxygen atoms in total. The highest BCUT2D eigenvalue weighted by atomic mass is 35.5. The maximum Gasteiger partial charge on any atom is 0.0407 e. The van der Waals surface area contributed by atoms with Crippen molar-refractivity contribution >= 4 is 23.0 Å². The van der Waals surface area contributed by atoms with Gasteiger partial charge in [0.25, 0.3) is 0 Å². The van der Waals surface area contributed by atoms with Crippen molar-refractivity contribution in [1.29, 1.82) is 0 Å². The van der Waals surface area contributed by atoms with E-state index >= 15 is 0 Å². The third-order valence-corrected chi connectivity index (χ3v) is 3.27. The van der Waals surface area contributed by atoms with Crippen molar-refractivity contribution in [3.8, 4) is 0 Å². The molecule has 2 aromatic carbocycles. The molecule has 2 rings (SSSR count). The van der Waals surface area contributed by atoms with Gasteiger partial charge in [0.2, 0.25) is 0 Å². The van der Waals surface area contributed by atoms with Crippen molar-refractivity contribution in [2.24, 2.45) is 0 Å². The van der Waals surface area contributed by atoms with E-state index in [1.54, 1.807) is 0 Å². The largest absolute Gasteiger partial charge is 0.399 e. The van der Waals surface area contributed by atoms with Crippen LogP contribution in [-0.2, 0) is 6.42 Å². The lowest BCUT2D eigenvalue weighted by Gasteiger charge is -2.06. The van der Waals surface area contributed by atoms with E-state index in [4.69, 9.17) is 17.3 Å². The summed E-state index contributed by atoms with van der Waals surface area (Å²) in [5, 5.41) is 4.16. The molecule has 0 radical (unpaired) electrons. The van der Waals surface area contributed by atoms with Crippen LogP contribution in [0.4, 0.5) is 11.4 Å². The highest BCUT2D eigenvalue weighted by molar-refractivity contribution is 6.30. The Morgan fingerprint density at radius 3 is 2.53 bits per heavy atom. The first-order valence-electron chi connectivity index (χ1n) is 6.58. The topological polar surface area (TPSA) is 38.0 Å². The van der Waals surface area contributed by atoms with E-state index in [0.717, 1.165) is 42.2 Å². The first-order chi connectivity index (χ1) is 9.24. The number of nitrogens with two attached hydrogens (primary N) is 1. The van der Waals surface area contributed by atoms with Crippen molar-refractivity contribution in [2.75, 3.05) is 17.6 Å². The predicted molar refractivity (Wildman–Crippen MR) is 83.7 cm³/mol. The molecule has 0 atom stereocenters. The van der Waals surface area contributed by atoms with Crippen molar-refractivity contribution in [3.05, 3.63) is 59.1 Å². The molecule has 0 aliphatic rings. The molecular weight excluding hydrogens is 256 g/mol. The van der Waals surface area contributed by atoms with Gasteiger partial charge in [-0.15, -0.1) is 0 Å². The second kappa shape index (κ2) is 7.05. The van der Waals surface area contributed by atoms with E-state index in [1.165, 1.54) is 5.56 Å². The smallest absolute Gasteiger partial charge is 0.0407 e. The summed E-state index contributed by atoms with van der Waals surface area (Å²) in [5.41, 5.74) is 9.03. The zero-order chi connectivity index (χ0) is 13.5. The Bertz CT molecular complexity index is 508. The zero-order valence-electron chi connectivity index (χ0n) is 10.9. The van der Waals surface area contributed by atoms with E-state index in [-0.39, 0.29) is 0 Å². The molecule has 0 fully saturated rings. The number of nitrogens with one attached hydrogen (secondary N) is 1. The summed E-state index contributed by atoms with van der Waals surface area (Å²) in [6.07, 6.45) is 3.37. The third kappa shape index (κ3) is 4.84. The molecule has 0 aromatic heterocycles. The maximum atomic E-state index is 5.84. The Hall–Kier alpha value is -1.67. The number of hydrogen-bond acceptors (Lipinski definition) is 2. The average Bonchev–Trinajstić information content (AvgIpc) is 2.41. The molecule has 0 unspecified atom stereocenters. The molecule has 0 saturated carbocycles. The standard InChI is InChI=1S/C16H19ClN2/c17-14-7-9-16(10-8-14)19-11-2-1-4-13-5-3-6-15(18)12-13/h3,5-10,12,19H,1-2,4,11,18H2. The Morgan fingerprint density at radius 2 is 1.79 bits per heavy atom. The quantitative estimate of drug-likeness (QED) is 0.607. The Labute approximate surface area is 119 Å². The molecule has 2 aromatic rings. The van der Waals surface area contributed by atoms with E-state index in [1.807, 2.05) is 42.5 Å². The zero-order valence-corrected chi connectivity index (χ0v) is 11.7. The number of halogens is 1. The summed E-state index contributed by atoms with van der Waals surface area (Å²) in [6.45, 7) is 0.976. The summed E-state index contributed by atoms with van der Waals surface area (Å²) >= 11 is 5.84. The summed E-state index contributed by atoms with van der Waals surface area (Å²) < 4.78 is 0. The van der Waals surface area contributed by atoms with Gasteiger partial charge < -0.3 is 11.1 Å². The Morgan fingerprint density at radius 1 is 1.00 bits per heavy atom. The fourth-order valence-electron chi connectivity index (χ4n) is 2.00. The molecule has 0 spiro atoms. The van der Waals surface area contributed by atoms with Crippen molar-refractivity contribution < 1.29 is 0 Å². The summed E-state index contributed by atoms with van der Waals surface area (Å²) in [7, 11) is 0. The van der Waals surface area contributed by atoms with Crippen LogP contribution in [0.1, 0.15) is 18.4 Å². The van der Waals surface area contributed by atoms with E-state index < -0.39 is 0 Å². The van der Waals surface area contributed by atoms with Gasteiger partial charge in [-0.1, -0.05) is 23.7 Å². The fourth-order valence-corrected chi connectivity index (χ4v) is 2.13. The first-order valence-corrected chi connectivity index (χ1v) is 6.96. The number of unbranched alkanes of at least 4 members (excludes halogenated alkanes) is 1. The maximum absolute atomic E-state index is 5.84. The molecule has 0 amide bonds. The van der Waals surface area contributed by atoms with Gasteiger partial charge in [0, 0.05) is 22.9 Å². The molecule has 0 saturated heterocycles. The predicted octanol–water partition coefficient (Wildman–Crippen LogP) is 4.36. The molecule has 0 aliphatic heterocycles. The van der Waals surface area contributed by atoms with E-state index in [9.17, 15) is 0 Å². The van der Waals surface area contributed by atoms with Crippen molar-refractivity contribution in [2.45, 2.75) is 19.3 Å². The molecule has 19 heavy (non-hydrogen) atoms. The molecule has 3 N–H and O–H groups in total. The van der Waals surface area contributed by atoms with Crippen LogP contribution in [0.5, 0.6) is 0 Å². The monoisotopic (exact) mass is 274 g/mol. The normalized spacial score (nSPS) is 10.4. The van der Waals surface area contributed by atoms with Gasteiger partial charge in [0.1, 0.15) is 0 Å². The Kier molecular flexibility index (Phi) is 5.10. The van der Waals surface area contributed by atoms with E-state index in [2.05, 4.69) is 11.4 Å². The lowest BCUT2D eigenvalue weighted by molar-refractivity contribution is 0.763. The van der Waals surface area contributed by atoms with Crippen LogP contribution in [0, 0.1) is 0 Å². The third-order valence-electron chi connectivity index (χ3n) is 3.02. The second-order valence-corrected chi connectivity index (χ2v) is 5.07. The van der Waals surface area contributed by atoms with E-state index in [0.29, 0.717) is 0 Å². The van der Waals surface area contributed by atoms with Crippen LogP contribution in [0.15, 0.2) is 48.5 Å². The average molecular weight is 275 g/mol. The van der Waals surface area contributed by atoms with Crippen LogP contribution in [-0.4, -0.2) is 6.54 Å². The van der Waals surface area contributed by atoms with Gasteiger partial charge in [-0.2, -0.15) is 0 Å². The van der Waals surface area contributed by atoms with Gasteiger partial charge in [-0.3, -0.25) is 0 Å². The molecule has 0 aliphatic carbocycles. The van der Waals surface area contributed by atoms with Crippen LogP contribution in [0.3, 0.4) is 0 Å². The minimum atomic E-state index is 0.771. The summed E-state index contributed by atoms with van der Waals surface area (Å²) in [5.74, 6) is 0. The number of anilines is 2. The minimum Gasteiger partial charge on any atom is -0.399 e. The number of hydrogen-bond donors (Lipinski definition) is 2. The van der Waals surface area contributed by atoms with Gasteiger partial charge in [-0.05, 0) is 61.2 Å². The van der Waals surface area contributed by atoms with Gasteiger partial charge >= 0.3 is 0 Å². The molecular formula is C16H19ClN2. The van der Waals surface area contributed by atoms with Gasteiger partial charge in [-0.25, -0.2) is 0 Å². The number of rotatable bonds is 6. The number of aryl methyl sites for hydroxylation is 1. The minimum absolute atomic E-state index is 0.771. The SMILES string of the molecule is Nc1cccc(CCCCNc2ccc(Cl)cc2)c1. The number of benzene rings is 2. The lowest BCUT2D eigenvalue weighted by atomic mass is 10.1. The first kappa shape index (κ1) is 13.8. The number of nitrogen functional groups attached to an aromatic ring is 1. The molecule has 3 heteroatoms. The fraction of sp³-hybridized carbons (Fsp3) is 0.250. The van der Waals surface area contributed by atoms with Crippen molar-refractivity contribution in [1.82, 2.24) is 0 Å². The van der Waals surface area contributed by atoms with Crippen LogP contribution in [0.25, 0.3) is 0 Å².